The first kappa shape index (κ1) is 20.0. The van der Waals surface area contributed by atoms with Crippen molar-refractivity contribution in [2.45, 2.75) is 11.3 Å². The van der Waals surface area contributed by atoms with E-state index in [4.69, 9.17) is 9.81 Å². The predicted molar refractivity (Wildman–Crippen MR) is 98.4 cm³/mol. The molecule has 0 aromatic heterocycles. The Morgan fingerprint density at radius 2 is 1.89 bits per heavy atom. The van der Waals surface area contributed by atoms with E-state index in [0.29, 0.717) is 13.0 Å². The van der Waals surface area contributed by atoms with Crippen molar-refractivity contribution < 1.29 is 22.9 Å². The molecule has 0 fully saturated rings. The normalized spacial score (nSPS) is 11.5. The molecule has 140 valence electrons. The zero-order valence-corrected chi connectivity index (χ0v) is 14.9. The number of amides is 1. The monoisotopic (exact) mass is 387 g/mol. The Bertz CT molecular complexity index is 992. The Labute approximate surface area is 156 Å². The van der Waals surface area contributed by atoms with Crippen LogP contribution in [0.4, 0.5) is 5.69 Å². The largest absolute Gasteiger partial charge is 0.508 e. The number of phenols is 1. The smallest absolute Gasteiger partial charge is 0.294 e. The van der Waals surface area contributed by atoms with Crippen molar-refractivity contribution >= 4 is 21.7 Å². The standard InChI is InChI=1S/C18H17N3O5S/c19-11-14(12-21-15-2-1-3-17(10-15)27(24,25)26)18(23)20-9-8-13-4-6-16(22)7-5-13/h1-7,10,12,21-22H,8-9H2,(H,20,23)(H,24,25,26)/b14-12-. The van der Waals surface area contributed by atoms with Gasteiger partial charge in [-0.2, -0.15) is 13.7 Å². The maximum Gasteiger partial charge on any atom is 0.294 e. The number of phenolic OH excluding ortho intramolecular Hbond substituents is 1. The van der Waals surface area contributed by atoms with Crippen molar-refractivity contribution in [3.05, 3.63) is 65.9 Å². The number of nitrogens with one attached hydrogen (secondary N) is 2. The first-order chi connectivity index (χ1) is 12.8. The fraction of sp³-hybridized carbons (Fsp3) is 0.111. The number of hydrogen-bond acceptors (Lipinski definition) is 6. The van der Waals surface area contributed by atoms with Crippen LogP contribution in [0.1, 0.15) is 5.56 Å². The van der Waals surface area contributed by atoms with Crippen LogP contribution in [0.5, 0.6) is 5.75 Å². The molecule has 0 saturated carbocycles. The molecule has 4 N–H and O–H groups in total. The second kappa shape index (κ2) is 8.84. The first-order valence-corrected chi connectivity index (χ1v) is 9.24. The third kappa shape index (κ3) is 6.14. The molecule has 0 heterocycles. The summed E-state index contributed by atoms with van der Waals surface area (Å²) in [5.41, 5.74) is 1.00. The predicted octanol–water partition coefficient (Wildman–Crippen LogP) is 1.82. The Morgan fingerprint density at radius 3 is 2.52 bits per heavy atom. The lowest BCUT2D eigenvalue weighted by Gasteiger charge is -2.06. The minimum atomic E-state index is -4.35. The van der Waals surface area contributed by atoms with Crippen molar-refractivity contribution in [3.63, 3.8) is 0 Å². The molecular formula is C18H17N3O5S. The van der Waals surface area contributed by atoms with E-state index in [1.807, 2.05) is 0 Å². The van der Waals surface area contributed by atoms with E-state index in [1.165, 1.54) is 24.3 Å². The number of nitrogens with zero attached hydrogens (tertiary/aromatic N) is 1. The number of anilines is 1. The number of hydrogen-bond donors (Lipinski definition) is 4. The molecule has 0 aliphatic heterocycles. The summed E-state index contributed by atoms with van der Waals surface area (Å²) in [5, 5.41) is 23.6. The second-order valence-corrected chi connectivity index (χ2v) is 6.91. The third-order valence-electron chi connectivity index (χ3n) is 3.52. The second-order valence-electron chi connectivity index (χ2n) is 5.49. The van der Waals surface area contributed by atoms with Crippen LogP contribution >= 0.6 is 0 Å². The van der Waals surface area contributed by atoms with Crippen molar-refractivity contribution in [3.8, 4) is 11.8 Å². The van der Waals surface area contributed by atoms with E-state index in [0.717, 1.165) is 11.8 Å². The Kier molecular flexibility index (Phi) is 6.54. The molecule has 8 nitrogen and oxygen atoms in total. The summed E-state index contributed by atoms with van der Waals surface area (Å²) >= 11 is 0. The minimum Gasteiger partial charge on any atom is -0.508 e. The number of nitriles is 1. The molecule has 0 spiro atoms. The first-order valence-electron chi connectivity index (χ1n) is 7.80. The zero-order valence-electron chi connectivity index (χ0n) is 14.1. The molecule has 1 amide bonds. The molecule has 0 bridgehead atoms. The van der Waals surface area contributed by atoms with Crippen LogP contribution in [0.25, 0.3) is 0 Å². The number of carbonyl (C=O) groups is 1. The van der Waals surface area contributed by atoms with Gasteiger partial charge in [-0.05, 0) is 42.3 Å². The molecule has 2 rings (SSSR count). The van der Waals surface area contributed by atoms with Crippen LogP contribution in [-0.4, -0.2) is 30.5 Å². The van der Waals surface area contributed by atoms with Crippen LogP contribution in [0.15, 0.2) is 65.2 Å². The minimum absolute atomic E-state index is 0.154. The van der Waals surface area contributed by atoms with Gasteiger partial charge in [0.25, 0.3) is 16.0 Å². The Balaban J connectivity index is 1.96. The van der Waals surface area contributed by atoms with Gasteiger partial charge in [0.1, 0.15) is 17.4 Å². The van der Waals surface area contributed by atoms with Crippen LogP contribution < -0.4 is 10.6 Å². The van der Waals surface area contributed by atoms with Gasteiger partial charge < -0.3 is 15.7 Å². The average Bonchev–Trinajstić information content (AvgIpc) is 2.63. The van der Waals surface area contributed by atoms with Gasteiger partial charge in [-0.15, -0.1) is 0 Å². The van der Waals surface area contributed by atoms with Crippen LogP contribution in [-0.2, 0) is 21.3 Å². The highest BCUT2D eigenvalue weighted by atomic mass is 32.2. The van der Waals surface area contributed by atoms with Crippen LogP contribution in [0.2, 0.25) is 0 Å². The highest BCUT2D eigenvalue weighted by molar-refractivity contribution is 7.85. The fourth-order valence-electron chi connectivity index (χ4n) is 2.13. The lowest BCUT2D eigenvalue weighted by Crippen LogP contribution is -2.27. The number of aromatic hydroxyl groups is 1. The molecule has 0 saturated heterocycles. The van der Waals surface area contributed by atoms with E-state index in [1.54, 1.807) is 30.3 Å². The summed E-state index contributed by atoms with van der Waals surface area (Å²) in [7, 11) is -4.35. The maximum absolute atomic E-state index is 12.0. The lowest BCUT2D eigenvalue weighted by atomic mass is 10.1. The number of carbonyl (C=O) groups excluding carboxylic acids is 1. The highest BCUT2D eigenvalue weighted by Gasteiger charge is 2.11. The van der Waals surface area contributed by atoms with Crippen molar-refractivity contribution in [2.24, 2.45) is 0 Å². The third-order valence-corrected chi connectivity index (χ3v) is 4.37. The molecule has 0 atom stereocenters. The molecule has 9 heteroatoms. The van der Waals surface area contributed by atoms with Crippen LogP contribution in [0.3, 0.4) is 0 Å². The van der Waals surface area contributed by atoms with Gasteiger partial charge in [0.05, 0.1) is 4.90 Å². The SMILES string of the molecule is N#C/C(=C/Nc1cccc(S(=O)(=O)O)c1)C(=O)NCCc1ccc(O)cc1. The van der Waals surface area contributed by atoms with Crippen molar-refractivity contribution in [1.82, 2.24) is 5.32 Å². The fourth-order valence-corrected chi connectivity index (χ4v) is 2.66. The quantitative estimate of drug-likeness (QED) is 0.323. The van der Waals surface area contributed by atoms with E-state index in [2.05, 4.69) is 10.6 Å². The summed E-state index contributed by atoms with van der Waals surface area (Å²) in [6.07, 6.45) is 1.67. The van der Waals surface area contributed by atoms with E-state index < -0.39 is 16.0 Å². The molecule has 2 aromatic rings. The summed E-state index contributed by atoms with van der Waals surface area (Å²) in [6, 6.07) is 13.6. The van der Waals surface area contributed by atoms with E-state index in [-0.39, 0.29) is 21.9 Å². The van der Waals surface area contributed by atoms with Crippen molar-refractivity contribution in [2.75, 3.05) is 11.9 Å². The van der Waals surface area contributed by atoms with Gasteiger partial charge in [0, 0.05) is 18.4 Å². The van der Waals surface area contributed by atoms with Gasteiger partial charge in [-0.3, -0.25) is 9.35 Å². The zero-order chi connectivity index (χ0) is 19.9. The van der Waals surface area contributed by atoms with E-state index in [9.17, 15) is 18.3 Å². The molecule has 2 aromatic carbocycles. The van der Waals surface area contributed by atoms with Gasteiger partial charge in [0.2, 0.25) is 0 Å². The molecule has 0 aliphatic rings. The van der Waals surface area contributed by atoms with Crippen molar-refractivity contribution in [1.29, 1.82) is 5.26 Å². The summed E-state index contributed by atoms with van der Waals surface area (Å²) < 4.78 is 31.3. The highest BCUT2D eigenvalue weighted by Crippen LogP contribution is 2.15. The lowest BCUT2D eigenvalue weighted by molar-refractivity contribution is -0.117. The molecular weight excluding hydrogens is 370 g/mol. The molecule has 0 unspecified atom stereocenters. The summed E-state index contributed by atoms with van der Waals surface area (Å²) in [4.78, 5) is 11.7. The Morgan fingerprint density at radius 1 is 1.19 bits per heavy atom. The maximum atomic E-state index is 12.0. The topological polar surface area (TPSA) is 140 Å². The van der Waals surface area contributed by atoms with Gasteiger partial charge in [-0.25, -0.2) is 0 Å². The van der Waals surface area contributed by atoms with Crippen LogP contribution in [0, 0.1) is 11.3 Å². The Hall–Kier alpha value is -3.35. The van der Waals surface area contributed by atoms with Gasteiger partial charge >= 0.3 is 0 Å². The molecule has 0 aliphatic carbocycles. The number of rotatable bonds is 7. The number of benzene rings is 2. The summed E-state index contributed by atoms with van der Waals surface area (Å²) in [6.45, 7) is 0.293. The average molecular weight is 387 g/mol. The van der Waals surface area contributed by atoms with Gasteiger partial charge in [-0.1, -0.05) is 18.2 Å². The van der Waals surface area contributed by atoms with Gasteiger partial charge in [0.15, 0.2) is 0 Å². The molecule has 27 heavy (non-hydrogen) atoms. The van der Waals surface area contributed by atoms with E-state index >= 15 is 0 Å². The molecule has 0 radical (unpaired) electrons. The summed E-state index contributed by atoms with van der Waals surface area (Å²) in [5.74, 6) is -0.434.